The molecule has 2 aromatic heterocycles. The van der Waals surface area contributed by atoms with Crippen molar-refractivity contribution in [2.45, 2.75) is 19.4 Å². The van der Waals surface area contributed by atoms with Gasteiger partial charge in [-0.25, -0.2) is 8.78 Å². The highest BCUT2D eigenvalue weighted by molar-refractivity contribution is 7.15. The molecule has 2 N–H and O–H groups in total. The number of halogens is 2. The Morgan fingerprint density at radius 2 is 2.24 bits per heavy atom. The summed E-state index contributed by atoms with van der Waals surface area (Å²) in [6.07, 6.45) is 2.40. The fraction of sp³-hybridized carbons (Fsp3) is 0.214. The van der Waals surface area contributed by atoms with Crippen LogP contribution in [0.1, 0.15) is 12.6 Å². The van der Waals surface area contributed by atoms with Gasteiger partial charge < -0.3 is 10.5 Å². The Hall–Kier alpha value is -1.99. The second-order valence-electron chi connectivity index (χ2n) is 4.78. The van der Waals surface area contributed by atoms with Gasteiger partial charge in [-0.05, 0) is 19.1 Å². The number of thiazole rings is 1. The summed E-state index contributed by atoms with van der Waals surface area (Å²) in [5, 5.41) is 1.90. The lowest BCUT2D eigenvalue weighted by atomic mass is 10.2. The van der Waals surface area contributed by atoms with Gasteiger partial charge in [0.1, 0.15) is 5.82 Å². The number of hydrogen-bond acceptors (Lipinski definition) is 4. The quantitative estimate of drug-likeness (QED) is 0.804. The van der Waals surface area contributed by atoms with Crippen LogP contribution in [-0.2, 0) is 6.42 Å². The third kappa shape index (κ3) is 2.74. The Morgan fingerprint density at radius 1 is 1.43 bits per heavy atom. The highest BCUT2D eigenvalue weighted by atomic mass is 32.1. The van der Waals surface area contributed by atoms with E-state index in [-0.39, 0.29) is 11.8 Å². The number of ether oxygens (including phenoxy) is 1. The minimum Gasteiger partial charge on any atom is -0.434 e. The van der Waals surface area contributed by atoms with Gasteiger partial charge in [0, 0.05) is 30.1 Å². The predicted octanol–water partition coefficient (Wildman–Crippen LogP) is 3.36. The molecular formula is C14H13F2N3OS. The first-order valence-corrected chi connectivity index (χ1v) is 7.25. The number of rotatable bonds is 4. The van der Waals surface area contributed by atoms with Gasteiger partial charge in [0.2, 0.25) is 5.88 Å². The maximum atomic E-state index is 13.7. The van der Waals surface area contributed by atoms with Crippen LogP contribution in [0.5, 0.6) is 11.6 Å². The first kappa shape index (κ1) is 14.0. The average molecular weight is 309 g/mol. The molecule has 0 fully saturated rings. The largest absolute Gasteiger partial charge is 0.434 e. The van der Waals surface area contributed by atoms with E-state index in [1.807, 2.05) is 22.9 Å². The van der Waals surface area contributed by atoms with E-state index in [2.05, 4.69) is 4.98 Å². The highest BCUT2D eigenvalue weighted by Gasteiger charge is 2.18. The zero-order valence-corrected chi connectivity index (χ0v) is 12.0. The number of imidazole rings is 1. The summed E-state index contributed by atoms with van der Waals surface area (Å²) >= 11 is 1.44. The molecule has 0 aliphatic rings. The second kappa shape index (κ2) is 5.42. The van der Waals surface area contributed by atoms with E-state index in [1.165, 1.54) is 17.4 Å². The summed E-state index contributed by atoms with van der Waals surface area (Å²) in [5.74, 6) is -1.18. The SMILES string of the molecule is CC(N)Cc1c(Oc2ccc(F)cc2F)nc2sccn12. The van der Waals surface area contributed by atoms with Crippen LogP contribution in [0.15, 0.2) is 29.8 Å². The van der Waals surface area contributed by atoms with Crippen molar-refractivity contribution in [2.24, 2.45) is 5.73 Å². The Bertz CT molecular complexity index is 782. The molecule has 0 bridgehead atoms. The number of benzene rings is 1. The van der Waals surface area contributed by atoms with Gasteiger partial charge in [-0.15, -0.1) is 11.3 Å². The molecule has 0 aliphatic heterocycles. The van der Waals surface area contributed by atoms with Crippen LogP contribution in [0, 0.1) is 11.6 Å². The van der Waals surface area contributed by atoms with Crippen LogP contribution in [0.4, 0.5) is 8.78 Å². The van der Waals surface area contributed by atoms with Crippen LogP contribution in [0.2, 0.25) is 0 Å². The smallest absolute Gasteiger partial charge is 0.242 e. The van der Waals surface area contributed by atoms with Crippen LogP contribution >= 0.6 is 11.3 Å². The molecule has 0 saturated heterocycles. The lowest BCUT2D eigenvalue weighted by Crippen LogP contribution is -2.19. The van der Waals surface area contributed by atoms with E-state index in [1.54, 1.807) is 0 Å². The Morgan fingerprint density at radius 3 is 2.95 bits per heavy atom. The molecular weight excluding hydrogens is 296 g/mol. The number of fused-ring (bicyclic) bond motifs is 1. The van der Waals surface area contributed by atoms with Crippen LogP contribution in [-0.4, -0.2) is 15.4 Å². The van der Waals surface area contributed by atoms with E-state index in [0.29, 0.717) is 12.3 Å². The van der Waals surface area contributed by atoms with Crippen LogP contribution < -0.4 is 10.5 Å². The number of hydrogen-bond donors (Lipinski definition) is 1. The van der Waals surface area contributed by atoms with Crippen molar-refractivity contribution in [2.75, 3.05) is 0 Å². The molecule has 4 nitrogen and oxygen atoms in total. The highest BCUT2D eigenvalue weighted by Crippen LogP contribution is 2.30. The monoisotopic (exact) mass is 309 g/mol. The number of aromatic nitrogens is 2. The molecule has 3 rings (SSSR count). The first-order valence-electron chi connectivity index (χ1n) is 6.37. The molecule has 110 valence electrons. The maximum Gasteiger partial charge on any atom is 0.242 e. The summed E-state index contributed by atoms with van der Waals surface area (Å²) in [6, 6.07) is 3.07. The minimum atomic E-state index is -0.766. The average Bonchev–Trinajstić information content (AvgIpc) is 2.96. The van der Waals surface area contributed by atoms with Crippen molar-refractivity contribution in [3.8, 4) is 11.6 Å². The molecule has 1 aromatic carbocycles. The number of nitrogens with zero attached hydrogens (tertiary/aromatic N) is 2. The molecule has 0 aliphatic carbocycles. The molecule has 7 heteroatoms. The van der Waals surface area contributed by atoms with Crippen molar-refractivity contribution in [1.82, 2.24) is 9.38 Å². The summed E-state index contributed by atoms with van der Waals surface area (Å²) in [5.41, 5.74) is 6.61. The molecule has 0 saturated carbocycles. The van der Waals surface area contributed by atoms with Gasteiger partial charge in [-0.3, -0.25) is 4.40 Å². The van der Waals surface area contributed by atoms with Crippen LogP contribution in [0.25, 0.3) is 4.96 Å². The topological polar surface area (TPSA) is 52.5 Å². The summed E-state index contributed by atoms with van der Waals surface area (Å²) in [7, 11) is 0. The Kier molecular flexibility index (Phi) is 3.60. The van der Waals surface area contributed by atoms with E-state index >= 15 is 0 Å². The van der Waals surface area contributed by atoms with E-state index in [0.717, 1.165) is 22.8 Å². The molecule has 21 heavy (non-hydrogen) atoms. The van der Waals surface area contributed by atoms with Crippen molar-refractivity contribution >= 4 is 16.3 Å². The molecule has 2 heterocycles. The van der Waals surface area contributed by atoms with Crippen molar-refractivity contribution in [1.29, 1.82) is 0 Å². The van der Waals surface area contributed by atoms with Crippen molar-refractivity contribution in [3.05, 3.63) is 47.1 Å². The fourth-order valence-corrected chi connectivity index (χ4v) is 2.77. The fourth-order valence-electron chi connectivity index (χ4n) is 2.05. The molecule has 1 atom stereocenters. The van der Waals surface area contributed by atoms with Gasteiger partial charge in [0.15, 0.2) is 16.5 Å². The van der Waals surface area contributed by atoms with Gasteiger partial charge in [0.25, 0.3) is 0 Å². The number of nitrogens with two attached hydrogens (primary N) is 1. The minimum absolute atomic E-state index is 0.0620. The zero-order valence-electron chi connectivity index (χ0n) is 11.2. The third-order valence-electron chi connectivity index (χ3n) is 2.94. The van der Waals surface area contributed by atoms with Crippen LogP contribution in [0.3, 0.4) is 0 Å². The lowest BCUT2D eigenvalue weighted by Gasteiger charge is -2.09. The predicted molar refractivity (Wildman–Crippen MR) is 76.9 cm³/mol. The molecule has 0 radical (unpaired) electrons. The maximum absolute atomic E-state index is 13.7. The van der Waals surface area contributed by atoms with Crippen molar-refractivity contribution in [3.63, 3.8) is 0 Å². The first-order chi connectivity index (χ1) is 10.0. The molecule has 3 aromatic rings. The van der Waals surface area contributed by atoms with Gasteiger partial charge in [-0.1, -0.05) is 0 Å². The normalized spacial score (nSPS) is 12.8. The van der Waals surface area contributed by atoms with Crippen molar-refractivity contribution < 1.29 is 13.5 Å². The molecule has 0 amide bonds. The standard InChI is InChI=1S/C14H13F2N3OS/c1-8(17)6-11-13(18-14-19(11)4-5-21-14)20-12-3-2-9(15)7-10(12)16/h2-5,7-8H,6,17H2,1H3. The molecule has 0 spiro atoms. The Labute approximate surface area is 123 Å². The Balaban J connectivity index is 2.01. The third-order valence-corrected chi connectivity index (χ3v) is 3.70. The van der Waals surface area contributed by atoms with Gasteiger partial charge in [-0.2, -0.15) is 4.98 Å². The van der Waals surface area contributed by atoms with E-state index in [4.69, 9.17) is 10.5 Å². The summed E-state index contributed by atoms with van der Waals surface area (Å²) in [4.78, 5) is 5.07. The summed E-state index contributed by atoms with van der Waals surface area (Å²) < 4.78 is 34.0. The zero-order chi connectivity index (χ0) is 15.0. The van der Waals surface area contributed by atoms with Gasteiger partial charge >= 0.3 is 0 Å². The lowest BCUT2D eigenvalue weighted by molar-refractivity contribution is 0.419. The molecule has 1 unspecified atom stereocenters. The van der Waals surface area contributed by atoms with E-state index < -0.39 is 11.6 Å². The van der Waals surface area contributed by atoms with Gasteiger partial charge in [0.05, 0.1) is 5.69 Å². The second-order valence-corrected chi connectivity index (χ2v) is 5.65. The summed E-state index contributed by atoms with van der Waals surface area (Å²) in [6.45, 7) is 1.87. The van der Waals surface area contributed by atoms with E-state index in [9.17, 15) is 8.78 Å².